The summed E-state index contributed by atoms with van der Waals surface area (Å²) in [6, 6.07) is 18.6. The number of hydrogen-bond acceptors (Lipinski definition) is 5. The fraction of sp³-hybridized carbons (Fsp3) is 0.182. The molecule has 0 unspecified atom stereocenters. The zero-order valence-corrected chi connectivity index (χ0v) is 18.4. The maximum atomic E-state index is 12.9. The molecule has 1 amide bonds. The van der Waals surface area contributed by atoms with E-state index in [0.29, 0.717) is 29.2 Å². The standard InChI is InChI=1S/C22H20N4O3S2/c1-15-19-14-20(30-22(19)26(24-15)17-8-3-2-4-9-17)21(27)23-16-7-5-10-18(13-16)25-11-6-12-31(25,28)29/h2-5,7-10,13-14H,6,11-12H2,1H3,(H,23,27). The van der Waals surface area contributed by atoms with E-state index in [0.717, 1.165) is 21.6 Å². The molecule has 5 rings (SSSR count). The van der Waals surface area contributed by atoms with Gasteiger partial charge in [-0.1, -0.05) is 24.3 Å². The normalized spacial score (nSPS) is 15.5. The van der Waals surface area contributed by atoms with E-state index in [9.17, 15) is 13.2 Å². The van der Waals surface area contributed by atoms with Crippen LogP contribution >= 0.6 is 11.3 Å². The number of fused-ring (bicyclic) bond motifs is 1. The number of anilines is 2. The van der Waals surface area contributed by atoms with Crippen LogP contribution < -0.4 is 9.62 Å². The summed E-state index contributed by atoms with van der Waals surface area (Å²) < 4.78 is 27.7. The van der Waals surface area contributed by atoms with Crippen LogP contribution in [0.3, 0.4) is 0 Å². The number of benzene rings is 2. The summed E-state index contributed by atoms with van der Waals surface area (Å²) in [6.07, 6.45) is 0.610. The van der Waals surface area contributed by atoms with E-state index in [2.05, 4.69) is 10.4 Å². The molecule has 1 N–H and O–H groups in total. The third-order valence-corrected chi connectivity index (χ3v) is 8.24. The molecule has 1 aliphatic heterocycles. The zero-order valence-electron chi connectivity index (χ0n) is 16.8. The lowest BCUT2D eigenvalue weighted by molar-refractivity contribution is 0.103. The Balaban J connectivity index is 1.43. The van der Waals surface area contributed by atoms with Gasteiger partial charge in [-0.2, -0.15) is 5.10 Å². The Hall–Kier alpha value is -3.17. The van der Waals surface area contributed by atoms with Crippen LogP contribution in [0, 0.1) is 6.92 Å². The highest BCUT2D eigenvalue weighted by atomic mass is 32.2. The van der Waals surface area contributed by atoms with Crippen LogP contribution in [0.1, 0.15) is 21.8 Å². The number of aryl methyl sites for hydroxylation is 1. The molecule has 0 saturated carbocycles. The molecule has 0 radical (unpaired) electrons. The monoisotopic (exact) mass is 452 g/mol. The van der Waals surface area contributed by atoms with Gasteiger partial charge < -0.3 is 5.32 Å². The molecule has 2 aromatic carbocycles. The van der Waals surface area contributed by atoms with E-state index < -0.39 is 10.0 Å². The van der Waals surface area contributed by atoms with Crippen molar-refractivity contribution in [1.29, 1.82) is 0 Å². The minimum atomic E-state index is -3.27. The summed E-state index contributed by atoms with van der Waals surface area (Å²) >= 11 is 1.38. The summed E-state index contributed by atoms with van der Waals surface area (Å²) in [6.45, 7) is 2.39. The van der Waals surface area contributed by atoms with Crippen LogP contribution in [0.2, 0.25) is 0 Å². The van der Waals surface area contributed by atoms with E-state index in [1.165, 1.54) is 15.6 Å². The summed E-state index contributed by atoms with van der Waals surface area (Å²) in [4.78, 5) is 14.4. The highest BCUT2D eigenvalue weighted by molar-refractivity contribution is 7.93. The Morgan fingerprint density at radius 1 is 1.06 bits per heavy atom. The Morgan fingerprint density at radius 3 is 2.58 bits per heavy atom. The van der Waals surface area contributed by atoms with Crippen LogP contribution in [0.15, 0.2) is 60.7 Å². The van der Waals surface area contributed by atoms with Gasteiger partial charge in [0, 0.05) is 17.6 Å². The van der Waals surface area contributed by atoms with Gasteiger partial charge >= 0.3 is 0 Å². The molecule has 7 nitrogen and oxygen atoms in total. The molecular formula is C22H20N4O3S2. The number of rotatable bonds is 4. The van der Waals surface area contributed by atoms with E-state index in [4.69, 9.17) is 0 Å². The van der Waals surface area contributed by atoms with Gasteiger partial charge in [-0.15, -0.1) is 11.3 Å². The summed E-state index contributed by atoms with van der Waals surface area (Å²) in [5.41, 5.74) is 2.93. The van der Waals surface area contributed by atoms with Crippen molar-refractivity contribution in [1.82, 2.24) is 9.78 Å². The summed E-state index contributed by atoms with van der Waals surface area (Å²) in [7, 11) is -3.27. The van der Waals surface area contributed by atoms with Crippen molar-refractivity contribution in [3.8, 4) is 5.69 Å². The van der Waals surface area contributed by atoms with E-state index in [1.54, 1.807) is 24.3 Å². The number of nitrogens with zero attached hydrogens (tertiary/aromatic N) is 3. The number of thiophene rings is 1. The van der Waals surface area contributed by atoms with Crippen molar-refractivity contribution >= 4 is 48.9 Å². The van der Waals surface area contributed by atoms with Crippen molar-refractivity contribution < 1.29 is 13.2 Å². The lowest BCUT2D eigenvalue weighted by atomic mass is 10.2. The Kier molecular flexibility index (Phi) is 4.79. The molecule has 9 heteroatoms. The molecule has 31 heavy (non-hydrogen) atoms. The number of hydrogen-bond donors (Lipinski definition) is 1. The quantitative estimate of drug-likeness (QED) is 0.503. The minimum absolute atomic E-state index is 0.156. The molecule has 0 spiro atoms. The van der Waals surface area contributed by atoms with Gasteiger partial charge in [0.25, 0.3) is 5.91 Å². The van der Waals surface area contributed by atoms with Crippen molar-refractivity contribution in [2.45, 2.75) is 13.3 Å². The number of para-hydroxylation sites is 1. The van der Waals surface area contributed by atoms with Gasteiger partial charge in [-0.3, -0.25) is 9.10 Å². The maximum Gasteiger partial charge on any atom is 0.265 e. The van der Waals surface area contributed by atoms with Gasteiger partial charge in [-0.25, -0.2) is 13.1 Å². The molecule has 1 fully saturated rings. The third-order valence-electron chi connectivity index (χ3n) is 5.26. The van der Waals surface area contributed by atoms with Gasteiger partial charge in [0.05, 0.1) is 27.7 Å². The number of carbonyl (C=O) groups excluding carboxylic acids is 1. The first-order chi connectivity index (χ1) is 14.9. The van der Waals surface area contributed by atoms with Gasteiger partial charge in [0.2, 0.25) is 10.0 Å². The minimum Gasteiger partial charge on any atom is -0.321 e. The van der Waals surface area contributed by atoms with Gasteiger partial charge in [-0.05, 0) is 49.7 Å². The fourth-order valence-electron chi connectivity index (χ4n) is 3.76. The number of aromatic nitrogens is 2. The van der Waals surface area contributed by atoms with Crippen LogP contribution in [-0.2, 0) is 10.0 Å². The predicted molar refractivity (Wildman–Crippen MR) is 124 cm³/mol. The fourth-order valence-corrected chi connectivity index (χ4v) is 6.40. The van der Waals surface area contributed by atoms with Crippen molar-refractivity contribution in [2.24, 2.45) is 0 Å². The van der Waals surface area contributed by atoms with Gasteiger partial charge in [0.15, 0.2) is 0 Å². The SMILES string of the molecule is Cc1nn(-c2ccccc2)c2sc(C(=O)Nc3cccc(N4CCCS4(=O)=O)c3)cc12. The maximum absolute atomic E-state index is 12.9. The molecule has 158 valence electrons. The average molecular weight is 453 g/mol. The first-order valence-corrected chi connectivity index (χ1v) is 12.3. The van der Waals surface area contributed by atoms with Crippen LogP contribution in [0.5, 0.6) is 0 Å². The zero-order chi connectivity index (χ0) is 21.6. The molecule has 0 bridgehead atoms. The summed E-state index contributed by atoms with van der Waals surface area (Å²) in [5, 5.41) is 8.45. The highest BCUT2D eigenvalue weighted by Gasteiger charge is 2.28. The van der Waals surface area contributed by atoms with Crippen LogP contribution in [0.25, 0.3) is 15.9 Å². The first kappa shape index (κ1) is 19.8. The molecule has 4 aromatic rings. The average Bonchev–Trinajstić information content (AvgIpc) is 3.43. The number of amides is 1. The Bertz CT molecular complexity index is 1390. The number of nitrogens with one attached hydrogen (secondary N) is 1. The molecular weight excluding hydrogens is 432 g/mol. The van der Waals surface area contributed by atoms with Gasteiger partial charge in [0.1, 0.15) is 4.83 Å². The second kappa shape index (κ2) is 7.51. The molecule has 2 aromatic heterocycles. The van der Waals surface area contributed by atoms with Crippen molar-refractivity contribution in [3.05, 3.63) is 71.2 Å². The van der Waals surface area contributed by atoms with Crippen LogP contribution in [0.4, 0.5) is 11.4 Å². The van der Waals surface area contributed by atoms with Crippen LogP contribution in [-0.4, -0.2) is 36.4 Å². The molecule has 0 aliphatic carbocycles. The predicted octanol–water partition coefficient (Wildman–Crippen LogP) is 4.19. The third kappa shape index (κ3) is 3.60. The summed E-state index contributed by atoms with van der Waals surface area (Å²) in [5.74, 6) is -0.0787. The molecule has 0 atom stereocenters. The lowest BCUT2D eigenvalue weighted by Gasteiger charge is -2.17. The highest BCUT2D eigenvalue weighted by Crippen LogP contribution is 2.31. The Labute approximate surface area is 184 Å². The molecule has 1 saturated heterocycles. The molecule has 1 aliphatic rings. The topological polar surface area (TPSA) is 84.3 Å². The lowest BCUT2D eigenvalue weighted by Crippen LogP contribution is -2.25. The molecule has 3 heterocycles. The number of sulfonamides is 1. The second-order valence-electron chi connectivity index (χ2n) is 7.41. The Morgan fingerprint density at radius 2 is 1.84 bits per heavy atom. The van der Waals surface area contributed by atoms with E-state index in [-0.39, 0.29) is 11.7 Å². The number of carbonyl (C=O) groups is 1. The second-order valence-corrected chi connectivity index (χ2v) is 10.5. The van der Waals surface area contributed by atoms with Crippen molar-refractivity contribution in [3.63, 3.8) is 0 Å². The van der Waals surface area contributed by atoms with Crippen molar-refractivity contribution in [2.75, 3.05) is 21.9 Å². The smallest absolute Gasteiger partial charge is 0.265 e. The van der Waals surface area contributed by atoms with E-state index in [1.807, 2.05) is 48.0 Å². The van der Waals surface area contributed by atoms with E-state index >= 15 is 0 Å². The first-order valence-electron chi connectivity index (χ1n) is 9.89. The largest absolute Gasteiger partial charge is 0.321 e.